The quantitative estimate of drug-likeness (QED) is 0.313. The fourth-order valence-electron chi connectivity index (χ4n) is 4.65. The highest BCUT2D eigenvalue weighted by Gasteiger charge is 2.25. The Balaban J connectivity index is 1.53. The molecule has 2 aromatic heterocycles. The van der Waals surface area contributed by atoms with Crippen LogP contribution in [0, 0.1) is 6.92 Å². The lowest BCUT2D eigenvalue weighted by Crippen LogP contribution is -2.25. The molecule has 0 bridgehead atoms. The normalized spacial score (nSPS) is 13.5. The summed E-state index contributed by atoms with van der Waals surface area (Å²) in [4.78, 5) is 25.5. The van der Waals surface area contributed by atoms with Gasteiger partial charge >= 0.3 is 0 Å². The number of aryl methyl sites for hydroxylation is 1. The summed E-state index contributed by atoms with van der Waals surface area (Å²) in [5, 5.41) is 1.09. The third-order valence-corrected chi connectivity index (χ3v) is 7.41. The fourth-order valence-corrected chi connectivity index (χ4v) is 5.03. The third kappa shape index (κ3) is 4.85. The number of likely N-dealkylation sites (N-methyl/N-ethyl adjacent to an activating group) is 2. The number of nitrogen functional groups attached to an aromatic ring is 1. The van der Waals surface area contributed by atoms with E-state index in [2.05, 4.69) is 21.9 Å². The Morgan fingerprint density at radius 1 is 1.21 bits per heavy atom. The second-order valence-corrected chi connectivity index (χ2v) is 9.99. The van der Waals surface area contributed by atoms with Crippen LogP contribution in [0.25, 0.3) is 27.8 Å². The molecule has 2 heterocycles. The molecule has 4 aromatic rings. The van der Waals surface area contributed by atoms with Crippen LogP contribution in [-0.2, 0) is 4.79 Å². The van der Waals surface area contributed by atoms with Crippen molar-refractivity contribution in [2.45, 2.75) is 25.8 Å². The molecule has 1 saturated carbocycles. The average molecular weight is 531 g/mol. The number of carbonyl (C=O) groups excluding carboxylic acids is 1. The van der Waals surface area contributed by atoms with Crippen LogP contribution in [0.4, 0.5) is 11.5 Å². The van der Waals surface area contributed by atoms with Crippen molar-refractivity contribution in [2.75, 3.05) is 38.4 Å². The molecule has 9 heteroatoms. The number of halogens is 1. The van der Waals surface area contributed by atoms with Gasteiger partial charge in [0.25, 0.3) is 0 Å². The van der Waals surface area contributed by atoms with Gasteiger partial charge in [-0.05, 0) is 62.2 Å². The molecule has 2 aromatic carbocycles. The predicted molar refractivity (Wildman–Crippen MR) is 153 cm³/mol. The number of nitrogens with two attached hydrogens (primary N) is 1. The van der Waals surface area contributed by atoms with E-state index in [1.165, 1.54) is 19.2 Å². The van der Waals surface area contributed by atoms with E-state index in [9.17, 15) is 4.79 Å². The molecule has 1 aliphatic carbocycles. The number of rotatable bonds is 8. The molecule has 0 atom stereocenters. The summed E-state index contributed by atoms with van der Waals surface area (Å²) >= 11 is 7.05. The molecule has 0 saturated heterocycles. The Morgan fingerprint density at radius 2 is 2.00 bits per heavy atom. The maximum atomic E-state index is 12.9. The van der Waals surface area contributed by atoms with Gasteiger partial charge in [0.2, 0.25) is 5.91 Å². The zero-order valence-electron chi connectivity index (χ0n) is 22.0. The van der Waals surface area contributed by atoms with E-state index in [4.69, 9.17) is 22.1 Å². The molecule has 1 amide bonds. The van der Waals surface area contributed by atoms with Crippen LogP contribution in [0.5, 0.6) is 5.75 Å². The van der Waals surface area contributed by atoms with E-state index in [-0.39, 0.29) is 5.91 Å². The van der Waals surface area contributed by atoms with E-state index >= 15 is 0 Å². The molecular formula is C29H31ClN6O2. The van der Waals surface area contributed by atoms with Crippen LogP contribution in [-0.4, -0.2) is 59.1 Å². The number of ether oxygens (including phenoxy) is 1. The number of methoxy groups -OCH3 is 1. The van der Waals surface area contributed by atoms with Crippen LogP contribution in [0.15, 0.2) is 60.9 Å². The highest BCUT2D eigenvalue weighted by atomic mass is 35.5. The molecule has 5 rings (SSSR count). The summed E-state index contributed by atoms with van der Waals surface area (Å²) in [6, 6.07) is 14.1. The number of anilines is 2. The van der Waals surface area contributed by atoms with Crippen molar-refractivity contribution in [3.8, 4) is 22.6 Å². The van der Waals surface area contributed by atoms with Gasteiger partial charge in [0.1, 0.15) is 23.0 Å². The van der Waals surface area contributed by atoms with Crippen LogP contribution in [0.2, 0.25) is 5.15 Å². The Kier molecular flexibility index (Phi) is 7.10. The second-order valence-electron chi connectivity index (χ2n) is 9.63. The maximum Gasteiger partial charge on any atom is 0.250 e. The molecule has 196 valence electrons. The number of hydrogen-bond acceptors (Lipinski definition) is 6. The van der Waals surface area contributed by atoms with Crippen molar-refractivity contribution in [1.29, 1.82) is 0 Å². The molecule has 2 N–H and O–H groups in total. The SMILES string of the molecule is COc1cc(-c2c(Cl)n(-c3cccc(N(C)C(=O)/C=C/CN(C)C4CC4)c3)c3ncnc(N)c23)ccc1C. The monoisotopic (exact) mass is 530 g/mol. The highest BCUT2D eigenvalue weighted by molar-refractivity contribution is 6.35. The zero-order chi connectivity index (χ0) is 27.0. The lowest BCUT2D eigenvalue weighted by atomic mass is 10.0. The highest BCUT2D eigenvalue weighted by Crippen LogP contribution is 2.42. The summed E-state index contributed by atoms with van der Waals surface area (Å²) in [5.74, 6) is 0.970. The Bertz CT molecular complexity index is 1540. The lowest BCUT2D eigenvalue weighted by Gasteiger charge is -2.18. The van der Waals surface area contributed by atoms with Gasteiger partial charge in [-0.3, -0.25) is 14.3 Å². The number of fused-ring (bicyclic) bond motifs is 1. The first kappa shape index (κ1) is 25.8. The molecule has 1 fully saturated rings. The molecule has 8 nitrogen and oxygen atoms in total. The van der Waals surface area contributed by atoms with E-state index in [0.29, 0.717) is 28.0 Å². The van der Waals surface area contributed by atoms with Crippen LogP contribution < -0.4 is 15.4 Å². The van der Waals surface area contributed by atoms with Crippen LogP contribution in [0.3, 0.4) is 0 Å². The summed E-state index contributed by atoms with van der Waals surface area (Å²) in [7, 11) is 5.48. The van der Waals surface area contributed by atoms with Gasteiger partial charge in [0, 0.05) is 37.0 Å². The van der Waals surface area contributed by atoms with Gasteiger partial charge in [0.05, 0.1) is 18.2 Å². The van der Waals surface area contributed by atoms with Gasteiger partial charge in [0.15, 0.2) is 5.65 Å². The molecule has 0 unspecified atom stereocenters. The molecular weight excluding hydrogens is 500 g/mol. The van der Waals surface area contributed by atoms with E-state index in [0.717, 1.165) is 40.4 Å². The summed E-state index contributed by atoms with van der Waals surface area (Å²) in [6.07, 6.45) is 7.43. The van der Waals surface area contributed by atoms with E-state index in [1.54, 1.807) is 25.1 Å². The smallest absolute Gasteiger partial charge is 0.250 e. The number of amides is 1. The van der Waals surface area contributed by atoms with Crippen molar-refractivity contribution >= 4 is 40.0 Å². The summed E-state index contributed by atoms with van der Waals surface area (Å²) < 4.78 is 7.38. The van der Waals surface area contributed by atoms with Crippen molar-refractivity contribution in [2.24, 2.45) is 0 Å². The standard InChI is InChI=1S/C29H31ClN6O2/c1-18-10-11-19(15-23(18)38-4)25-26-28(31)32-17-33-29(26)36(27(25)30)22-8-5-7-21(16-22)35(3)24(37)9-6-14-34(2)20-12-13-20/h5-11,15-17,20H,12-14H2,1-4H3,(H2,31,32,33)/b9-6+. The largest absolute Gasteiger partial charge is 0.496 e. The lowest BCUT2D eigenvalue weighted by molar-refractivity contribution is -0.113. The number of nitrogens with zero attached hydrogens (tertiary/aromatic N) is 5. The number of hydrogen-bond donors (Lipinski definition) is 1. The minimum atomic E-state index is -0.103. The Labute approximate surface area is 227 Å². The van der Waals surface area contributed by atoms with E-state index in [1.807, 2.05) is 60.0 Å². The van der Waals surface area contributed by atoms with Crippen LogP contribution >= 0.6 is 11.6 Å². The fraction of sp³-hybridized carbons (Fsp3) is 0.276. The first-order chi connectivity index (χ1) is 18.3. The first-order valence-electron chi connectivity index (χ1n) is 12.5. The molecule has 0 radical (unpaired) electrons. The molecule has 1 aliphatic rings. The zero-order valence-corrected chi connectivity index (χ0v) is 22.7. The van der Waals surface area contributed by atoms with Crippen molar-refractivity contribution in [3.05, 3.63) is 71.7 Å². The Morgan fingerprint density at radius 3 is 2.74 bits per heavy atom. The van der Waals surface area contributed by atoms with Crippen molar-refractivity contribution in [3.63, 3.8) is 0 Å². The predicted octanol–water partition coefficient (Wildman–Crippen LogP) is 5.25. The van der Waals surface area contributed by atoms with Gasteiger partial charge in [-0.15, -0.1) is 0 Å². The van der Waals surface area contributed by atoms with Crippen molar-refractivity contribution < 1.29 is 9.53 Å². The molecule has 0 aliphatic heterocycles. The van der Waals surface area contributed by atoms with Crippen molar-refractivity contribution in [1.82, 2.24) is 19.4 Å². The summed E-state index contributed by atoms with van der Waals surface area (Å²) in [6.45, 7) is 2.73. The maximum absolute atomic E-state index is 12.9. The van der Waals surface area contributed by atoms with Gasteiger partial charge in [-0.25, -0.2) is 9.97 Å². The minimum absolute atomic E-state index is 0.103. The van der Waals surface area contributed by atoms with Gasteiger partial charge in [-0.2, -0.15) is 0 Å². The second kappa shape index (κ2) is 10.5. The van der Waals surface area contributed by atoms with Gasteiger partial charge < -0.3 is 15.4 Å². The average Bonchev–Trinajstić information content (AvgIpc) is 3.72. The number of benzene rings is 2. The summed E-state index contributed by atoms with van der Waals surface area (Å²) in [5.41, 5.74) is 11.0. The molecule has 38 heavy (non-hydrogen) atoms. The van der Waals surface area contributed by atoms with Gasteiger partial charge in [-0.1, -0.05) is 35.9 Å². The van der Waals surface area contributed by atoms with Crippen LogP contribution in [0.1, 0.15) is 18.4 Å². The molecule has 0 spiro atoms. The number of carbonyl (C=O) groups is 1. The first-order valence-corrected chi connectivity index (χ1v) is 12.9. The Hall–Kier alpha value is -3.88. The minimum Gasteiger partial charge on any atom is -0.496 e. The van der Waals surface area contributed by atoms with E-state index < -0.39 is 0 Å². The topological polar surface area (TPSA) is 89.5 Å². The number of aromatic nitrogens is 3. The third-order valence-electron chi connectivity index (χ3n) is 7.05.